The van der Waals surface area contributed by atoms with Gasteiger partial charge in [-0.05, 0) is 31.7 Å². The van der Waals surface area contributed by atoms with Crippen LogP contribution in [0, 0.1) is 0 Å². The van der Waals surface area contributed by atoms with E-state index >= 15 is 0 Å². The molecule has 18 heavy (non-hydrogen) atoms. The van der Waals surface area contributed by atoms with Gasteiger partial charge in [0.15, 0.2) is 0 Å². The van der Waals surface area contributed by atoms with Gasteiger partial charge in [0.05, 0.1) is 13.2 Å². The van der Waals surface area contributed by atoms with Crippen LogP contribution in [0.1, 0.15) is 24.9 Å². The number of nitrogens with one attached hydrogen (secondary N) is 2. The molecule has 2 N–H and O–H groups in total. The Morgan fingerprint density at radius 1 is 1.33 bits per heavy atom. The molecular weight excluding hydrogens is 252 g/mol. The van der Waals surface area contributed by atoms with Gasteiger partial charge in [-0.3, -0.25) is 4.79 Å². The first-order valence-corrected chi connectivity index (χ1v) is 5.75. The third-order valence-corrected chi connectivity index (χ3v) is 2.60. The molecule has 0 bridgehead atoms. The highest BCUT2D eigenvalue weighted by Crippen LogP contribution is 2.17. The number of rotatable bonds is 6. The van der Waals surface area contributed by atoms with Crippen molar-refractivity contribution in [2.75, 3.05) is 20.7 Å². The zero-order valence-corrected chi connectivity index (χ0v) is 11.8. The Balaban J connectivity index is 0.00000289. The summed E-state index contributed by atoms with van der Waals surface area (Å²) in [4.78, 5) is 11.5. The normalized spacial score (nSPS) is 11.3. The Morgan fingerprint density at radius 2 is 1.94 bits per heavy atom. The number of halogens is 1. The highest BCUT2D eigenvalue weighted by atomic mass is 35.5. The average Bonchev–Trinajstić information content (AvgIpc) is 2.36. The largest absolute Gasteiger partial charge is 0.497 e. The number of hydrogen-bond acceptors (Lipinski definition) is 3. The third kappa shape index (κ3) is 5.38. The van der Waals surface area contributed by atoms with E-state index in [4.69, 9.17) is 4.74 Å². The smallest absolute Gasteiger partial charge is 0.221 e. The molecule has 102 valence electrons. The lowest BCUT2D eigenvalue weighted by Crippen LogP contribution is -2.28. The maximum atomic E-state index is 11.5. The molecule has 5 heteroatoms. The summed E-state index contributed by atoms with van der Waals surface area (Å²) in [5.74, 6) is 0.880. The van der Waals surface area contributed by atoms with E-state index in [9.17, 15) is 4.79 Å². The molecule has 1 aromatic rings. The minimum Gasteiger partial charge on any atom is -0.497 e. The second kappa shape index (κ2) is 8.78. The lowest BCUT2D eigenvalue weighted by molar-refractivity contribution is -0.121. The van der Waals surface area contributed by atoms with Crippen LogP contribution in [0.2, 0.25) is 0 Å². The van der Waals surface area contributed by atoms with Crippen LogP contribution >= 0.6 is 12.4 Å². The number of hydrogen-bond donors (Lipinski definition) is 2. The molecule has 1 amide bonds. The molecular formula is C13H21ClN2O2. The predicted octanol–water partition coefficient (Wildman–Crippen LogP) is 1.90. The summed E-state index contributed by atoms with van der Waals surface area (Å²) >= 11 is 0. The van der Waals surface area contributed by atoms with E-state index in [1.165, 1.54) is 0 Å². The van der Waals surface area contributed by atoms with Crippen LogP contribution in [0.5, 0.6) is 5.75 Å². The van der Waals surface area contributed by atoms with Crippen molar-refractivity contribution < 1.29 is 9.53 Å². The SMILES string of the molecule is CNCCC(=O)NC(C)c1ccc(OC)cc1.Cl. The quantitative estimate of drug-likeness (QED) is 0.832. The second-order valence-electron chi connectivity index (χ2n) is 3.92. The van der Waals surface area contributed by atoms with Crippen LogP contribution in [0.4, 0.5) is 0 Å². The van der Waals surface area contributed by atoms with Gasteiger partial charge in [-0.1, -0.05) is 12.1 Å². The van der Waals surface area contributed by atoms with Gasteiger partial charge in [0.25, 0.3) is 0 Å². The topological polar surface area (TPSA) is 50.4 Å². The maximum absolute atomic E-state index is 11.5. The van der Waals surface area contributed by atoms with Gasteiger partial charge >= 0.3 is 0 Å². The predicted molar refractivity (Wildman–Crippen MR) is 75.3 cm³/mol. The second-order valence-corrected chi connectivity index (χ2v) is 3.92. The number of ether oxygens (including phenoxy) is 1. The van der Waals surface area contributed by atoms with Crippen LogP contribution < -0.4 is 15.4 Å². The van der Waals surface area contributed by atoms with Crippen molar-refractivity contribution in [2.24, 2.45) is 0 Å². The summed E-state index contributed by atoms with van der Waals surface area (Å²) in [6, 6.07) is 7.73. The zero-order valence-electron chi connectivity index (χ0n) is 11.0. The lowest BCUT2D eigenvalue weighted by Gasteiger charge is -2.14. The summed E-state index contributed by atoms with van der Waals surface area (Å²) in [7, 11) is 3.47. The van der Waals surface area contributed by atoms with Crippen LogP contribution in [-0.4, -0.2) is 26.6 Å². The van der Waals surface area contributed by atoms with E-state index < -0.39 is 0 Å². The average molecular weight is 273 g/mol. The van der Waals surface area contributed by atoms with Gasteiger partial charge in [0, 0.05) is 13.0 Å². The molecule has 1 atom stereocenters. The van der Waals surface area contributed by atoms with E-state index in [1.807, 2.05) is 38.2 Å². The zero-order chi connectivity index (χ0) is 12.7. The van der Waals surface area contributed by atoms with E-state index in [0.29, 0.717) is 13.0 Å². The summed E-state index contributed by atoms with van der Waals surface area (Å²) in [5.41, 5.74) is 1.07. The maximum Gasteiger partial charge on any atom is 0.221 e. The molecule has 0 aliphatic heterocycles. The van der Waals surface area contributed by atoms with Crippen molar-refractivity contribution in [1.29, 1.82) is 0 Å². The van der Waals surface area contributed by atoms with E-state index in [2.05, 4.69) is 10.6 Å². The third-order valence-electron chi connectivity index (χ3n) is 2.60. The summed E-state index contributed by atoms with van der Waals surface area (Å²) in [6.45, 7) is 2.67. The minimum absolute atomic E-state index is 0. The molecule has 0 saturated carbocycles. The molecule has 0 heterocycles. The lowest BCUT2D eigenvalue weighted by atomic mass is 10.1. The van der Waals surface area contributed by atoms with Gasteiger partial charge in [0.2, 0.25) is 5.91 Å². The number of amides is 1. The van der Waals surface area contributed by atoms with Gasteiger partial charge in [-0.2, -0.15) is 0 Å². The van der Waals surface area contributed by atoms with E-state index in [0.717, 1.165) is 11.3 Å². The Bertz CT molecular complexity index is 355. The Hall–Kier alpha value is -1.26. The van der Waals surface area contributed by atoms with Gasteiger partial charge in [0.1, 0.15) is 5.75 Å². The molecule has 0 saturated heterocycles. The van der Waals surface area contributed by atoms with Gasteiger partial charge < -0.3 is 15.4 Å². The van der Waals surface area contributed by atoms with Crippen molar-refractivity contribution in [2.45, 2.75) is 19.4 Å². The molecule has 0 spiro atoms. The van der Waals surface area contributed by atoms with Crippen LogP contribution in [-0.2, 0) is 4.79 Å². The summed E-state index contributed by atoms with van der Waals surface area (Å²) in [5, 5.41) is 5.90. The molecule has 0 aliphatic carbocycles. The first-order valence-electron chi connectivity index (χ1n) is 5.75. The molecule has 0 aromatic heterocycles. The molecule has 4 nitrogen and oxygen atoms in total. The summed E-state index contributed by atoms with van der Waals surface area (Å²) in [6.07, 6.45) is 0.497. The number of methoxy groups -OCH3 is 1. The first-order chi connectivity index (χ1) is 8.17. The standard InChI is InChI=1S/C13H20N2O2.ClH/c1-10(15-13(16)8-9-14-2)11-4-6-12(17-3)7-5-11;/h4-7,10,14H,8-9H2,1-3H3,(H,15,16);1H. The number of carbonyl (C=O) groups excluding carboxylic acids is 1. The van der Waals surface area contributed by atoms with Crippen LogP contribution in [0.3, 0.4) is 0 Å². The molecule has 0 fully saturated rings. The first kappa shape index (κ1) is 16.7. The van der Waals surface area contributed by atoms with Crippen LogP contribution in [0.15, 0.2) is 24.3 Å². The van der Waals surface area contributed by atoms with Gasteiger partial charge in [-0.15, -0.1) is 12.4 Å². The highest BCUT2D eigenvalue weighted by Gasteiger charge is 2.08. The summed E-state index contributed by atoms with van der Waals surface area (Å²) < 4.78 is 5.09. The van der Waals surface area contributed by atoms with Gasteiger partial charge in [-0.25, -0.2) is 0 Å². The van der Waals surface area contributed by atoms with E-state index in [1.54, 1.807) is 7.11 Å². The molecule has 1 aromatic carbocycles. The fourth-order valence-corrected chi connectivity index (χ4v) is 1.53. The van der Waals surface area contributed by atoms with Crippen LogP contribution in [0.25, 0.3) is 0 Å². The fraction of sp³-hybridized carbons (Fsp3) is 0.462. The Kier molecular flexibility index (Phi) is 8.16. The number of carbonyl (C=O) groups is 1. The van der Waals surface area contributed by atoms with Crippen molar-refractivity contribution in [3.05, 3.63) is 29.8 Å². The molecule has 1 rings (SSSR count). The molecule has 1 unspecified atom stereocenters. The van der Waals surface area contributed by atoms with Crippen molar-refractivity contribution in [3.8, 4) is 5.75 Å². The molecule has 0 aliphatic rings. The van der Waals surface area contributed by atoms with Crippen molar-refractivity contribution in [1.82, 2.24) is 10.6 Å². The monoisotopic (exact) mass is 272 g/mol. The Morgan fingerprint density at radius 3 is 2.44 bits per heavy atom. The molecule has 0 radical (unpaired) electrons. The number of benzene rings is 1. The van der Waals surface area contributed by atoms with E-state index in [-0.39, 0.29) is 24.4 Å². The highest BCUT2D eigenvalue weighted by molar-refractivity contribution is 5.85. The minimum atomic E-state index is 0. The van der Waals surface area contributed by atoms with Crippen molar-refractivity contribution >= 4 is 18.3 Å². The Labute approximate surface area is 115 Å². The van der Waals surface area contributed by atoms with Crippen molar-refractivity contribution in [3.63, 3.8) is 0 Å². The fourth-order valence-electron chi connectivity index (χ4n) is 1.53.